The first-order chi connectivity index (χ1) is 8.56. The molecule has 0 amide bonds. The molecule has 0 aliphatic heterocycles. The fraction of sp³-hybridized carbons (Fsp3) is 0.647. The lowest BCUT2D eigenvalue weighted by atomic mass is 9.79. The van der Waals surface area contributed by atoms with Gasteiger partial charge in [-0.15, -0.1) is 0 Å². The van der Waals surface area contributed by atoms with Gasteiger partial charge in [0, 0.05) is 12.1 Å². The third-order valence-corrected chi connectivity index (χ3v) is 4.63. The fourth-order valence-electron chi connectivity index (χ4n) is 3.09. The highest BCUT2D eigenvalue weighted by molar-refractivity contribution is 5.24. The lowest BCUT2D eigenvalue weighted by molar-refractivity contribution is 0.217. The van der Waals surface area contributed by atoms with Gasteiger partial charge < -0.3 is 5.32 Å². The van der Waals surface area contributed by atoms with Gasteiger partial charge in [-0.25, -0.2) is 0 Å². The molecule has 4 atom stereocenters. The molecule has 3 unspecified atom stereocenters. The van der Waals surface area contributed by atoms with Crippen LogP contribution in [0.3, 0.4) is 0 Å². The molecule has 0 spiro atoms. The molecule has 0 saturated heterocycles. The topological polar surface area (TPSA) is 12.0 Å². The number of benzene rings is 1. The van der Waals surface area contributed by atoms with E-state index in [1.54, 1.807) is 0 Å². The maximum atomic E-state index is 3.81. The SMILES string of the molecule is Cc1cccc([C@@H](C)NC2CCC(C)C(C)C2)c1. The molecule has 0 heterocycles. The van der Waals surface area contributed by atoms with Crippen molar-refractivity contribution in [2.75, 3.05) is 0 Å². The Morgan fingerprint density at radius 2 is 1.94 bits per heavy atom. The Hall–Kier alpha value is -0.820. The molecule has 0 bridgehead atoms. The number of aryl methyl sites for hydroxylation is 1. The molecule has 1 saturated carbocycles. The Balaban J connectivity index is 1.93. The first-order valence-electron chi connectivity index (χ1n) is 7.39. The summed E-state index contributed by atoms with van der Waals surface area (Å²) in [5.41, 5.74) is 2.77. The van der Waals surface area contributed by atoms with Gasteiger partial charge in [-0.3, -0.25) is 0 Å². The summed E-state index contributed by atoms with van der Waals surface area (Å²) in [4.78, 5) is 0. The Labute approximate surface area is 112 Å². The summed E-state index contributed by atoms with van der Waals surface area (Å²) in [6.07, 6.45) is 4.04. The van der Waals surface area contributed by atoms with E-state index < -0.39 is 0 Å². The van der Waals surface area contributed by atoms with Crippen molar-refractivity contribution in [1.29, 1.82) is 0 Å². The van der Waals surface area contributed by atoms with Crippen LogP contribution in [0.5, 0.6) is 0 Å². The second-order valence-corrected chi connectivity index (χ2v) is 6.27. The van der Waals surface area contributed by atoms with Crippen molar-refractivity contribution in [3.8, 4) is 0 Å². The maximum Gasteiger partial charge on any atom is 0.0294 e. The van der Waals surface area contributed by atoms with E-state index in [9.17, 15) is 0 Å². The highest BCUT2D eigenvalue weighted by atomic mass is 14.9. The number of hydrogen-bond acceptors (Lipinski definition) is 1. The molecule has 1 heteroatoms. The quantitative estimate of drug-likeness (QED) is 0.828. The molecule has 1 aliphatic carbocycles. The van der Waals surface area contributed by atoms with Crippen molar-refractivity contribution in [3.05, 3.63) is 35.4 Å². The minimum absolute atomic E-state index is 0.468. The van der Waals surface area contributed by atoms with Crippen LogP contribution in [-0.4, -0.2) is 6.04 Å². The summed E-state index contributed by atoms with van der Waals surface area (Å²) in [5.74, 6) is 1.76. The Bertz CT molecular complexity index is 385. The van der Waals surface area contributed by atoms with Gasteiger partial charge in [0.15, 0.2) is 0 Å². The molecule has 1 fully saturated rings. The first kappa shape index (κ1) is 13.6. The van der Waals surface area contributed by atoms with E-state index in [0.717, 1.165) is 11.8 Å². The average Bonchev–Trinajstić information content (AvgIpc) is 2.34. The van der Waals surface area contributed by atoms with Crippen molar-refractivity contribution in [1.82, 2.24) is 5.32 Å². The molecule has 18 heavy (non-hydrogen) atoms. The van der Waals surface area contributed by atoms with E-state index >= 15 is 0 Å². The Morgan fingerprint density at radius 3 is 2.61 bits per heavy atom. The zero-order chi connectivity index (χ0) is 13.1. The summed E-state index contributed by atoms with van der Waals surface area (Å²) in [6, 6.07) is 10.0. The summed E-state index contributed by atoms with van der Waals surface area (Å²) in [6.45, 7) is 9.25. The molecular formula is C17H27N. The molecule has 1 aliphatic rings. The van der Waals surface area contributed by atoms with Crippen LogP contribution in [0.25, 0.3) is 0 Å². The molecular weight excluding hydrogens is 218 g/mol. The van der Waals surface area contributed by atoms with E-state index in [2.05, 4.69) is 57.3 Å². The average molecular weight is 245 g/mol. The van der Waals surface area contributed by atoms with Crippen LogP contribution in [0, 0.1) is 18.8 Å². The molecule has 100 valence electrons. The van der Waals surface area contributed by atoms with E-state index in [1.165, 1.54) is 30.4 Å². The monoisotopic (exact) mass is 245 g/mol. The van der Waals surface area contributed by atoms with Gasteiger partial charge in [0.05, 0.1) is 0 Å². The van der Waals surface area contributed by atoms with Gasteiger partial charge in [-0.1, -0.05) is 43.7 Å². The number of rotatable bonds is 3. The molecule has 1 nitrogen and oxygen atoms in total. The van der Waals surface area contributed by atoms with E-state index in [4.69, 9.17) is 0 Å². The van der Waals surface area contributed by atoms with Crippen molar-refractivity contribution < 1.29 is 0 Å². The molecule has 1 aromatic carbocycles. The van der Waals surface area contributed by atoms with Crippen LogP contribution < -0.4 is 5.32 Å². The molecule has 0 aromatic heterocycles. The number of hydrogen-bond donors (Lipinski definition) is 1. The first-order valence-corrected chi connectivity index (χ1v) is 7.39. The molecule has 0 radical (unpaired) electrons. The van der Waals surface area contributed by atoms with Gasteiger partial charge >= 0.3 is 0 Å². The van der Waals surface area contributed by atoms with Gasteiger partial charge in [-0.05, 0) is 50.5 Å². The van der Waals surface area contributed by atoms with Crippen LogP contribution in [0.15, 0.2) is 24.3 Å². The third-order valence-electron chi connectivity index (χ3n) is 4.63. The zero-order valence-electron chi connectivity index (χ0n) is 12.2. The lowest BCUT2D eigenvalue weighted by Gasteiger charge is -2.34. The van der Waals surface area contributed by atoms with Crippen LogP contribution in [-0.2, 0) is 0 Å². The van der Waals surface area contributed by atoms with Crippen molar-refractivity contribution in [2.45, 2.75) is 59.0 Å². The minimum atomic E-state index is 0.468. The Kier molecular flexibility index (Phi) is 4.45. The number of nitrogens with one attached hydrogen (secondary N) is 1. The summed E-state index contributed by atoms with van der Waals surface area (Å²) in [7, 11) is 0. The predicted molar refractivity (Wildman–Crippen MR) is 78.7 cm³/mol. The van der Waals surface area contributed by atoms with Crippen molar-refractivity contribution in [2.24, 2.45) is 11.8 Å². The van der Waals surface area contributed by atoms with Crippen LogP contribution >= 0.6 is 0 Å². The molecule has 1 N–H and O–H groups in total. The van der Waals surface area contributed by atoms with E-state index in [1.807, 2.05) is 0 Å². The smallest absolute Gasteiger partial charge is 0.0294 e. The van der Waals surface area contributed by atoms with E-state index in [-0.39, 0.29) is 0 Å². The zero-order valence-corrected chi connectivity index (χ0v) is 12.2. The summed E-state index contributed by atoms with van der Waals surface area (Å²) >= 11 is 0. The van der Waals surface area contributed by atoms with Gasteiger partial charge in [0.25, 0.3) is 0 Å². The fourth-order valence-corrected chi connectivity index (χ4v) is 3.09. The van der Waals surface area contributed by atoms with Gasteiger partial charge in [0.1, 0.15) is 0 Å². The highest BCUT2D eigenvalue weighted by Gasteiger charge is 2.25. The maximum absolute atomic E-state index is 3.81. The van der Waals surface area contributed by atoms with Crippen LogP contribution in [0.1, 0.15) is 57.2 Å². The largest absolute Gasteiger partial charge is 0.307 e. The van der Waals surface area contributed by atoms with Crippen LogP contribution in [0.2, 0.25) is 0 Å². The normalized spacial score (nSPS) is 30.1. The second-order valence-electron chi connectivity index (χ2n) is 6.27. The van der Waals surface area contributed by atoms with Crippen LogP contribution in [0.4, 0.5) is 0 Å². The third kappa shape index (κ3) is 3.35. The molecule has 1 aromatic rings. The summed E-state index contributed by atoms with van der Waals surface area (Å²) in [5, 5.41) is 3.81. The van der Waals surface area contributed by atoms with Gasteiger partial charge in [0.2, 0.25) is 0 Å². The Morgan fingerprint density at radius 1 is 1.17 bits per heavy atom. The van der Waals surface area contributed by atoms with Crippen molar-refractivity contribution >= 4 is 0 Å². The summed E-state index contributed by atoms with van der Waals surface area (Å²) < 4.78 is 0. The standard InChI is InChI=1S/C17H27N/c1-12-6-5-7-16(10-12)15(4)18-17-9-8-13(2)14(3)11-17/h5-7,10,13-15,17-18H,8-9,11H2,1-4H3/t13?,14?,15-,17?/m1/s1. The highest BCUT2D eigenvalue weighted by Crippen LogP contribution is 2.30. The van der Waals surface area contributed by atoms with E-state index in [0.29, 0.717) is 12.1 Å². The predicted octanol–water partition coefficient (Wildman–Crippen LogP) is 4.47. The van der Waals surface area contributed by atoms with Crippen molar-refractivity contribution in [3.63, 3.8) is 0 Å². The van der Waals surface area contributed by atoms with Gasteiger partial charge in [-0.2, -0.15) is 0 Å². The second kappa shape index (κ2) is 5.88. The minimum Gasteiger partial charge on any atom is -0.307 e. The lowest BCUT2D eigenvalue weighted by Crippen LogP contribution is -2.37. The molecule has 2 rings (SSSR count).